The van der Waals surface area contributed by atoms with Gasteiger partial charge in [0.25, 0.3) is 0 Å². The zero-order valence-corrected chi connectivity index (χ0v) is 16.9. The lowest BCUT2D eigenvalue weighted by molar-refractivity contribution is 0.313. The van der Waals surface area contributed by atoms with E-state index in [4.69, 9.17) is 4.98 Å². The van der Waals surface area contributed by atoms with Crippen LogP contribution in [0.15, 0.2) is 35.7 Å². The van der Waals surface area contributed by atoms with Crippen LogP contribution in [0, 0.1) is 19.7 Å². The van der Waals surface area contributed by atoms with Crippen molar-refractivity contribution < 1.29 is 4.39 Å². The molecule has 1 aliphatic heterocycles. The first kappa shape index (κ1) is 18.2. The molecule has 0 unspecified atom stereocenters. The van der Waals surface area contributed by atoms with Crippen molar-refractivity contribution in [3.8, 4) is 11.3 Å². The predicted octanol–water partition coefficient (Wildman–Crippen LogP) is 4.17. The molecule has 1 saturated heterocycles. The average Bonchev–Trinajstić information content (AvgIpc) is 3.24. The summed E-state index contributed by atoms with van der Waals surface area (Å²) in [7, 11) is 2.17. The van der Waals surface area contributed by atoms with E-state index in [1.54, 1.807) is 11.3 Å². The van der Waals surface area contributed by atoms with Gasteiger partial charge in [0.1, 0.15) is 5.82 Å². The highest BCUT2D eigenvalue weighted by Gasteiger charge is 2.19. The second-order valence-corrected chi connectivity index (χ2v) is 8.14. The van der Waals surface area contributed by atoms with Gasteiger partial charge < -0.3 is 14.4 Å². The third kappa shape index (κ3) is 3.77. The molecule has 3 heterocycles. The van der Waals surface area contributed by atoms with Crippen LogP contribution < -0.4 is 4.90 Å². The lowest BCUT2D eigenvalue weighted by atomic mass is 10.2. The Morgan fingerprint density at radius 1 is 1.07 bits per heavy atom. The molecule has 4 rings (SSSR count). The van der Waals surface area contributed by atoms with Crippen LogP contribution in [0.3, 0.4) is 0 Å². The van der Waals surface area contributed by atoms with Gasteiger partial charge in [-0.25, -0.2) is 9.37 Å². The van der Waals surface area contributed by atoms with E-state index in [1.165, 1.54) is 29.1 Å². The summed E-state index contributed by atoms with van der Waals surface area (Å²) in [5.41, 5.74) is 5.73. The summed E-state index contributed by atoms with van der Waals surface area (Å²) < 4.78 is 15.4. The van der Waals surface area contributed by atoms with E-state index in [0.717, 1.165) is 49.1 Å². The Morgan fingerprint density at radius 2 is 1.78 bits per heavy atom. The fourth-order valence-corrected chi connectivity index (χ4v) is 4.49. The number of aryl methyl sites for hydroxylation is 1. The van der Waals surface area contributed by atoms with Crippen molar-refractivity contribution >= 4 is 16.5 Å². The lowest BCUT2D eigenvalue weighted by Crippen LogP contribution is -2.44. The number of hydrogen-bond acceptors (Lipinski definition) is 4. The first-order valence-electron chi connectivity index (χ1n) is 9.32. The predicted molar refractivity (Wildman–Crippen MR) is 110 cm³/mol. The number of piperazine rings is 1. The van der Waals surface area contributed by atoms with Crippen LogP contribution in [0.25, 0.3) is 11.3 Å². The summed E-state index contributed by atoms with van der Waals surface area (Å²) in [6.45, 7) is 9.24. The van der Waals surface area contributed by atoms with Gasteiger partial charge in [0, 0.05) is 55.1 Å². The van der Waals surface area contributed by atoms with Crippen LogP contribution in [0.1, 0.15) is 17.0 Å². The van der Waals surface area contributed by atoms with E-state index in [2.05, 4.69) is 46.7 Å². The first-order chi connectivity index (χ1) is 13.0. The van der Waals surface area contributed by atoms with Crippen molar-refractivity contribution in [2.45, 2.75) is 20.4 Å². The average molecular weight is 385 g/mol. The van der Waals surface area contributed by atoms with Gasteiger partial charge >= 0.3 is 0 Å². The van der Waals surface area contributed by atoms with E-state index in [0.29, 0.717) is 0 Å². The third-order valence-corrected chi connectivity index (χ3v) is 6.27. The zero-order chi connectivity index (χ0) is 19.0. The number of aromatic nitrogens is 2. The normalized spacial score (nSPS) is 15.5. The van der Waals surface area contributed by atoms with Crippen LogP contribution in [-0.4, -0.2) is 47.7 Å². The molecule has 2 aromatic heterocycles. The van der Waals surface area contributed by atoms with E-state index >= 15 is 0 Å². The van der Waals surface area contributed by atoms with Crippen LogP contribution in [0.5, 0.6) is 0 Å². The SMILES string of the molecule is Cc1cc(-c2csc(N3CCN(C)CC3)n2)c(C)n1Cc1ccc(F)cc1. The van der Waals surface area contributed by atoms with Gasteiger partial charge in [-0.3, -0.25) is 0 Å². The van der Waals surface area contributed by atoms with Gasteiger partial charge in [-0.2, -0.15) is 0 Å². The summed E-state index contributed by atoms with van der Waals surface area (Å²) >= 11 is 1.73. The van der Waals surface area contributed by atoms with Gasteiger partial charge in [0.05, 0.1) is 5.69 Å². The molecular weight excluding hydrogens is 359 g/mol. The minimum Gasteiger partial charge on any atom is -0.346 e. The summed E-state index contributed by atoms with van der Waals surface area (Å²) in [6.07, 6.45) is 0. The summed E-state index contributed by atoms with van der Waals surface area (Å²) in [6, 6.07) is 8.95. The van der Waals surface area contributed by atoms with Gasteiger partial charge in [-0.1, -0.05) is 12.1 Å². The molecule has 1 aromatic carbocycles. The van der Waals surface area contributed by atoms with E-state index in [-0.39, 0.29) is 5.82 Å². The second kappa shape index (κ2) is 7.44. The Labute approximate surface area is 163 Å². The number of nitrogens with zero attached hydrogens (tertiary/aromatic N) is 4. The Hall–Kier alpha value is -2.18. The van der Waals surface area contributed by atoms with Gasteiger partial charge in [-0.15, -0.1) is 11.3 Å². The molecule has 1 aliphatic rings. The number of hydrogen-bond donors (Lipinski definition) is 0. The Bertz CT molecular complexity index is 920. The molecule has 142 valence electrons. The highest BCUT2D eigenvalue weighted by atomic mass is 32.1. The van der Waals surface area contributed by atoms with E-state index in [9.17, 15) is 4.39 Å². The molecule has 0 N–H and O–H groups in total. The summed E-state index contributed by atoms with van der Waals surface area (Å²) in [5, 5.41) is 3.28. The van der Waals surface area contributed by atoms with Crippen molar-refractivity contribution in [1.82, 2.24) is 14.5 Å². The van der Waals surface area contributed by atoms with Crippen LogP contribution in [-0.2, 0) is 6.54 Å². The van der Waals surface area contributed by atoms with Crippen LogP contribution in [0.2, 0.25) is 0 Å². The maximum Gasteiger partial charge on any atom is 0.185 e. The molecule has 0 aliphatic carbocycles. The fraction of sp³-hybridized carbons (Fsp3) is 0.381. The highest BCUT2D eigenvalue weighted by molar-refractivity contribution is 7.14. The minimum atomic E-state index is -0.195. The van der Waals surface area contributed by atoms with Crippen LogP contribution >= 0.6 is 11.3 Å². The van der Waals surface area contributed by atoms with E-state index < -0.39 is 0 Å². The molecule has 0 atom stereocenters. The molecule has 1 fully saturated rings. The molecular formula is C21H25FN4S. The maximum atomic E-state index is 13.2. The highest BCUT2D eigenvalue weighted by Crippen LogP contribution is 2.32. The summed E-state index contributed by atoms with van der Waals surface area (Å²) in [4.78, 5) is 9.66. The minimum absolute atomic E-state index is 0.195. The smallest absolute Gasteiger partial charge is 0.185 e. The molecule has 0 saturated carbocycles. The van der Waals surface area contributed by atoms with Crippen molar-refractivity contribution in [2.24, 2.45) is 0 Å². The number of halogens is 1. The second-order valence-electron chi connectivity index (χ2n) is 7.30. The van der Waals surface area contributed by atoms with Crippen LogP contribution in [0.4, 0.5) is 9.52 Å². The Kier molecular flexibility index (Phi) is 5.02. The number of likely N-dealkylation sites (N-methyl/N-ethyl adjacent to an activating group) is 1. The van der Waals surface area contributed by atoms with Crippen molar-refractivity contribution in [3.63, 3.8) is 0 Å². The Morgan fingerprint density at radius 3 is 2.48 bits per heavy atom. The van der Waals surface area contributed by atoms with Crippen molar-refractivity contribution in [2.75, 3.05) is 38.1 Å². The third-order valence-electron chi connectivity index (χ3n) is 5.37. The van der Waals surface area contributed by atoms with Crippen molar-refractivity contribution in [1.29, 1.82) is 0 Å². The largest absolute Gasteiger partial charge is 0.346 e. The molecule has 0 radical (unpaired) electrons. The monoisotopic (exact) mass is 384 g/mol. The topological polar surface area (TPSA) is 24.3 Å². The standard InChI is InChI=1S/C21H25FN4S/c1-15-12-19(16(2)26(15)13-17-4-6-18(22)7-5-17)20-14-27-21(23-20)25-10-8-24(3)9-11-25/h4-7,12,14H,8-11,13H2,1-3H3. The number of thiazole rings is 1. The molecule has 6 heteroatoms. The lowest BCUT2D eigenvalue weighted by Gasteiger charge is -2.32. The quantitative estimate of drug-likeness (QED) is 0.675. The number of anilines is 1. The maximum absolute atomic E-state index is 13.2. The molecule has 0 amide bonds. The zero-order valence-electron chi connectivity index (χ0n) is 16.1. The molecule has 0 bridgehead atoms. The number of rotatable bonds is 4. The van der Waals surface area contributed by atoms with Gasteiger partial charge in [-0.05, 0) is 44.7 Å². The Balaban J connectivity index is 1.57. The fourth-order valence-electron chi connectivity index (χ4n) is 3.61. The van der Waals surface area contributed by atoms with E-state index in [1.807, 2.05) is 12.1 Å². The van der Waals surface area contributed by atoms with Gasteiger partial charge in [0.2, 0.25) is 0 Å². The summed E-state index contributed by atoms with van der Waals surface area (Å²) in [5.74, 6) is -0.195. The first-order valence-corrected chi connectivity index (χ1v) is 10.2. The molecule has 27 heavy (non-hydrogen) atoms. The van der Waals surface area contributed by atoms with Crippen molar-refractivity contribution in [3.05, 3.63) is 58.5 Å². The van der Waals surface area contributed by atoms with Gasteiger partial charge in [0.15, 0.2) is 5.13 Å². The molecule has 4 nitrogen and oxygen atoms in total. The molecule has 3 aromatic rings. The molecule has 0 spiro atoms. The number of benzene rings is 1.